The van der Waals surface area contributed by atoms with Gasteiger partial charge in [-0.15, -0.1) is 4.70 Å². The maximum absolute atomic E-state index is 4.77. The molecule has 0 saturated heterocycles. The molecule has 0 radical (unpaired) electrons. The summed E-state index contributed by atoms with van der Waals surface area (Å²) in [6.45, 7) is 2.52. The summed E-state index contributed by atoms with van der Waals surface area (Å²) in [6, 6.07) is 32.0. The molecule has 7 nitrogen and oxygen atoms in total. The van der Waals surface area contributed by atoms with E-state index in [1.54, 1.807) is 0 Å². The molecule has 0 amide bonds. The van der Waals surface area contributed by atoms with E-state index in [2.05, 4.69) is 40.4 Å². The molecule has 3 aromatic carbocycles. The highest BCUT2D eigenvalue weighted by Crippen LogP contribution is 2.27. The van der Waals surface area contributed by atoms with Crippen molar-refractivity contribution in [1.29, 1.82) is 0 Å². The first-order chi connectivity index (χ1) is 17.7. The first-order valence-corrected chi connectivity index (χ1v) is 11.7. The van der Waals surface area contributed by atoms with E-state index >= 15 is 0 Å². The first-order valence-electron chi connectivity index (χ1n) is 11.7. The lowest BCUT2D eigenvalue weighted by molar-refractivity contribution is -0.492. The van der Waals surface area contributed by atoms with Crippen LogP contribution in [0.15, 0.2) is 114 Å². The van der Waals surface area contributed by atoms with Crippen molar-refractivity contribution < 1.29 is 4.70 Å². The largest absolute Gasteiger partial charge is 0.268 e. The van der Waals surface area contributed by atoms with Crippen molar-refractivity contribution in [1.82, 2.24) is 19.9 Å². The number of aromatic nitrogens is 4. The van der Waals surface area contributed by atoms with Gasteiger partial charge >= 0.3 is 0 Å². The standard InChI is InChI=1S/C29H22N7/c1-20-10-9-17-30-26(20)23-15-8-16-24(18-23)36-19-25(34-35-36)29-32-27(21-11-4-2-5-12-21)31-28(33-29)22-13-6-3-7-14-22/h2-18H,19H2,1H3/q+1. The molecule has 6 rings (SSSR count). The third-order valence-electron chi connectivity index (χ3n) is 5.96. The lowest BCUT2D eigenvalue weighted by Crippen LogP contribution is -2.16. The molecule has 0 unspecified atom stereocenters. The van der Waals surface area contributed by atoms with Gasteiger partial charge in [0.05, 0.1) is 10.8 Å². The molecule has 1 aliphatic rings. The van der Waals surface area contributed by atoms with Crippen LogP contribution in [0.5, 0.6) is 0 Å². The van der Waals surface area contributed by atoms with Crippen LogP contribution in [0.2, 0.25) is 0 Å². The molecule has 1 aliphatic heterocycles. The zero-order valence-corrected chi connectivity index (χ0v) is 19.7. The van der Waals surface area contributed by atoms with Crippen molar-refractivity contribution in [2.75, 3.05) is 6.54 Å². The lowest BCUT2D eigenvalue weighted by Gasteiger charge is -2.07. The second kappa shape index (κ2) is 9.38. The van der Waals surface area contributed by atoms with E-state index in [4.69, 9.17) is 15.0 Å². The quantitative estimate of drug-likeness (QED) is 0.292. The van der Waals surface area contributed by atoms with E-state index in [9.17, 15) is 0 Å². The third kappa shape index (κ3) is 4.30. The normalized spacial score (nSPS) is 12.8. The summed E-state index contributed by atoms with van der Waals surface area (Å²) in [5.74, 6) is 1.73. The molecule has 5 aromatic rings. The van der Waals surface area contributed by atoms with Crippen LogP contribution in [0.3, 0.4) is 0 Å². The smallest absolute Gasteiger partial charge is 0.256 e. The molecule has 0 aliphatic carbocycles. The first kappa shape index (κ1) is 21.6. The van der Waals surface area contributed by atoms with Gasteiger partial charge < -0.3 is 0 Å². The van der Waals surface area contributed by atoms with E-state index in [0.717, 1.165) is 33.6 Å². The molecule has 2 aromatic heterocycles. The Hall–Kier alpha value is -4.91. The molecule has 3 heterocycles. The van der Waals surface area contributed by atoms with Gasteiger partial charge in [-0.2, -0.15) is 0 Å². The number of hydrogen-bond donors (Lipinski definition) is 0. The molecule has 0 spiro atoms. The molecular weight excluding hydrogens is 446 g/mol. The SMILES string of the molecule is Cc1cccnc1-c1cccc([N+]2=NN=C(c3nc(-c4ccccc4)nc(-c4ccccc4)n3)C2)c1. The fourth-order valence-electron chi connectivity index (χ4n) is 4.11. The van der Waals surface area contributed by atoms with Gasteiger partial charge in [-0.3, -0.25) is 4.98 Å². The van der Waals surface area contributed by atoms with Crippen LogP contribution < -0.4 is 0 Å². The average molecular weight is 469 g/mol. The number of aryl methyl sites for hydroxylation is 1. The van der Waals surface area contributed by atoms with Crippen molar-refractivity contribution in [3.63, 3.8) is 0 Å². The molecular formula is C29H22N7+. The number of rotatable bonds is 5. The second-order valence-electron chi connectivity index (χ2n) is 8.45. The molecule has 172 valence electrons. The van der Waals surface area contributed by atoms with Crippen molar-refractivity contribution >= 4 is 11.4 Å². The summed E-state index contributed by atoms with van der Waals surface area (Å²) in [5.41, 5.74) is 6.57. The molecule has 0 fully saturated rings. The zero-order chi connectivity index (χ0) is 24.3. The van der Waals surface area contributed by atoms with Gasteiger partial charge in [0.1, 0.15) is 5.22 Å². The van der Waals surface area contributed by atoms with Crippen LogP contribution in [0.4, 0.5) is 5.69 Å². The molecule has 7 heteroatoms. The Morgan fingerprint density at radius 1 is 0.639 bits per heavy atom. The molecule has 0 saturated carbocycles. The lowest BCUT2D eigenvalue weighted by atomic mass is 10.1. The number of nitrogens with zero attached hydrogens (tertiary/aromatic N) is 7. The summed E-state index contributed by atoms with van der Waals surface area (Å²) in [4.78, 5) is 18.8. The summed E-state index contributed by atoms with van der Waals surface area (Å²) in [7, 11) is 0. The van der Waals surface area contributed by atoms with Gasteiger partial charge in [-0.25, -0.2) is 15.0 Å². The molecule has 0 bridgehead atoms. The van der Waals surface area contributed by atoms with Crippen LogP contribution in [0.25, 0.3) is 34.0 Å². The van der Waals surface area contributed by atoms with E-state index < -0.39 is 0 Å². The minimum Gasteiger partial charge on any atom is -0.256 e. The van der Waals surface area contributed by atoms with Gasteiger partial charge in [0, 0.05) is 22.9 Å². The van der Waals surface area contributed by atoms with E-state index in [0.29, 0.717) is 29.7 Å². The Balaban J connectivity index is 1.34. The summed E-state index contributed by atoms with van der Waals surface area (Å²) < 4.78 is 1.85. The van der Waals surface area contributed by atoms with E-state index in [1.807, 2.05) is 89.8 Å². The molecule has 36 heavy (non-hydrogen) atoms. The van der Waals surface area contributed by atoms with Crippen LogP contribution in [0, 0.1) is 6.92 Å². The van der Waals surface area contributed by atoms with E-state index in [-0.39, 0.29) is 0 Å². The second-order valence-corrected chi connectivity index (χ2v) is 8.45. The van der Waals surface area contributed by atoms with Crippen LogP contribution in [0.1, 0.15) is 11.4 Å². The van der Waals surface area contributed by atoms with Crippen molar-refractivity contribution in [2.45, 2.75) is 6.92 Å². The Kier molecular flexibility index (Phi) is 5.63. The Bertz CT molecular complexity index is 1550. The van der Waals surface area contributed by atoms with Gasteiger partial charge in [-0.1, -0.05) is 78.9 Å². The maximum Gasteiger partial charge on any atom is 0.268 e. The van der Waals surface area contributed by atoms with Gasteiger partial charge in [-0.05, 0) is 30.7 Å². The number of pyridine rings is 1. The van der Waals surface area contributed by atoms with Crippen LogP contribution in [-0.2, 0) is 0 Å². The van der Waals surface area contributed by atoms with Crippen LogP contribution >= 0.6 is 0 Å². The Morgan fingerprint density at radius 3 is 1.94 bits per heavy atom. The summed E-state index contributed by atoms with van der Waals surface area (Å²) in [5, 5.41) is 8.88. The summed E-state index contributed by atoms with van der Waals surface area (Å²) in [6.07, 6.45) is 1.81. The van der Waals surface area contributed by atoms with Crippen LogP contribution in [-0.4, -0.2) is 36.9 Å². The highest BCUT2D eigenvalue weighted by atomic mass is 15.5. The minimum atomic E-state index is 0.455. The average Bonchev–Trinajstić information content (AvgIpc) is 3.45. The third-order valence-corrected chi connectivity index (χ3v) is 5.96. The highest BCUT2D eigenvalue weighted by Gasteiger charge is 2.28. The zero-order valence-electron chi connectivity index (χ0n) is 19.7. The maximum atomic E-state index is 4.77. The van der Waals surface area contributed by atoms with Crippen molar-refractivity contribution in [3.05, 3.63) is 115 Å². The number of hydrogen-bond acceptors (Lipinski definition) is 6. The van der Waals surface area contributed by atoms with Crippen molar-refractivity contribution in [3.8, 4) is 34.0 Å². The van der Waals surface area contributed by atoms with Crippen molar-refractivity contribution in [2.24, 2.45) is 10.3 Å². The topological polar surface area (TPSA) is 79.3 Å². The fourth-order valence-corrected chi connectivity index (χ4v) is 4.11. The minimum absolute atomic E-state index is 0.455. The summed E-state index contributed by atoms with van der Waals surface area (Å²) >= 11 is 0. The Morgan fingerprint density at radius 2 is 1.28 bits per heavy atom. The van der Waals surface area contributed by atoms with Gasteiger partial charge in [0.25, 0.3) is 5.71 Å². The highest BCUT2D eigenvalue weighted by molar-refractivity contribution is 5.99. The fraction of sp³-hybridized carbons (Fsp3) is 0.0690. The monoisotopic (exact) mass is 468 g/mol. The van der Waals surface area contributed by atoms with Gasteiger partial charge in [0.15, 0.2) is 23.9 Å². The predicted molar refractivity (Wildman–Crippen MR) is 139 cm³/mol. The predicted octanol–water partition coefficient (Wildman–Crippen LogP) is 6.09. The number of benzene rings is 3. The molecule has 0 atom stereocenters. The van der Waals surface area contributed by atoms with Gasteiger partial charge in [0.2, 0.25) is 5.82 Å². The van der Waals surface area contributed by atoms with E-state index in [1.165, 1.54) is 0 Å². The molecule has 0 N–H and O–H groups in total. The Labute approximate surface area is 208 Å².